The van der Waals surface area contributed by atoms with Crippen LogP contribution in [0.1, 0.15) is 33.6 Å². The summed E-state index contributed by atoms with van der Waals surface area (Å²) in [4.78, 5) is 12.9. The molecule has 1 heterocycles. The number of hydrogen-bond acceptors (Lipinski definition) is 2. The average Bonchev–Trinajstić information content (AvgIpc) is 2.12. The Labute approximate surface area is 81.3 Å². The normalized spacial score (nSPS) is 28.9. The second kappa shape index (κ2) is 5.97. The quantitative estimate of drug-likeness (QED) is 0.669. The molecule has 0 spiro atoms. The molecular formula is C10H22N2O. The van der Waals surface area contributed by atoms with Gasteiger partial charge in [-0.05, 0) is 32.4 Å². The standard InChI is InChI=1S/C8H16N2O.C2H6/c1-6-3-4-10(2)7(5-6)8(9)11;1-2/h6-7H,3-5H2,1-2H3,(H2,9,11);1-2H3/t6-,7?;/m1./s1. The Kier molecular flexibility index (Phi) is 5.71. The van der Waals surface area contributed by atoms with Crippen LogP contribution >= 0.6 is 0 Å². The van der Waals surface area contributed by atoms with E-state index in [4.69, 9.17) is 5.73 Å². The van der Waals surface area contributed by atoms with Gasteiger partial charge in [-0.15, -0.1) is 0 Å². The van der Waals surface area contributed by atoms with E-state index in [-0.39, 0.29) is 11.9 Å². The second-order valence-electron chi connectivity index (χ2n) is 3.53. The molecule has 1 amide bonds. The number of primary amides is 1. The Bertz CT molecular complexity index is 159. The van der Waals surface area contributed by atoms with E-state index < -0.39 is 0 Å². The van der Waals surface area contributed by atoms with Gasteiger partial charge in [0.15, 0.2) is 0 Å². The van der Waals surface area contributed by atoms with Gasteiger partial charge in [0.1, 0.15) is 0 Å². The van der Waals surface area contributed by atoms with Crippen molar-refractivity contribution in [2.45, 2.75) is 39.7 Å². The molecule has 0 aromatic heterocycles. The number of nitrogens with two attached hydrogens (primary N) is 1. The molecule has 0 radical (unpaired) electrons. The van der Waals surface area contributed by atoms with Crippen molar-refractivity contribution in [1.82, 2.24) is 4.90 Å². The lowest BCUT2D eigenvalue weighted by molar-refractivity contribution is -0.124. The number of nitrogens with zero attached hydrogens (tertiary/aromatic N) is 1. The van der Waals surface area contributed by atoms with Crippen molar-refractivity contribution >= 4 is 5.91 Å². The van der Waals surface area contributed by atoms with E-state index in [1.54, 1.807) is 0 Å². The number of rotatable bonds is 1. The molecule has 1 unspecified atom stereocenters. The first-order valence-electron chi connectivity index (χ1n) is 5.11. The first kappa shape index (κ1) is 12.4. The highest BCUT2D eigenvalue weighted by atomic mass is 16.1. The van der Waals surface area contributed by atoms with Crippen LogP contribution in [0, 0.1) is 5.92 Å². The van der Waals surface area contributed by atoms with Crippen LogP contribution in [0.4, 0.5) is 0 Å². The molecule has 2 atom stereocenters. The highest BCUT2D eigenvalue weighted by Gasteiger charge is 2.27. The van der Waals surface area contributed by atoms with Gasteiger partial charge >= 0.3 is 0 Å². The molecule has 1 aliphatic rings. The molecule has 0 aromatic rings. The molecular weight excluding hydrogens is 164 g/mol. The van der Waals surface area contributed by atoms with Crippen LogP contribution in [0.2, 0.25) is 0 Å². The first-order valence-corrected chi connectivity index (χ1v) is 5.11. The molecule has 0 aliphatic carbocycles. The lowest BCUT2D eigenvalue weighted by Crippen LogP contribution is -2.47. The Morgan fingerprint density at radius 1 is 1.46 bits per heavy atom. The van der Waals surface area contributed by atoms with Crippen LogP contribution in [-0.4, -0.2) is 30.4 Å². The van der Waals surface area contributed by atoms with E-state index in [1.807, 2.05) is 25.8 Å². The minimum absolute atomic E-state index is 0.0289. The maximum Gasteiger partial charge on any atom is 0.234 e. The fraction of sp³-hybridized carbons (Fsp3) is 0.900. The molecule has 0 aromatic carbocycles. The van der Waals surface area contributed by atoms with Crippen LogP contribution in [0.3, 0.4) is 0 Å². The molecule has 1 saturated heterocycles. The van der Waals surface area contributed by atoms with E-state index in [0.29, 0.717) is 5.92 Å². The molecule has 3 nitrogen and oxygen atoms in total. The predicted octanol–water partition coefficient (Wildman–Crippen LogP) is 1.23. The largest absolute Gasteiger partial charge is 0.368 e. The number of likely N-dealkylation sites (N-methyl/N-ethyl adjacent to an activating group) is 1. The summed E-state index contributed by atoms with van der Waals surface area (Å²) in [5, 5.41) is 0. The lowest BCUT2D eigenvalue weighted by Gasteiger charge is -2.33. The maximum absolute atomic E-state index is 10.9. The van der Waals surface area contributed by atoms with Gasteiger partial charge in [0.25, 0.3) is 0 Å². The van der Waals surface area contributed by atoms with Crippen molar-refractivity contribution in [2.24, 2.45) is 11.7 Å². The van der Waals surface area contributed by atoms with Gasteiger partial charge in [0.05, 0.1) is 6.04 Å². The van der Waals surface area contributed by atoms with Crippen LogP contribution in [0.5, 0.6) is 0 Å². The second-order valence-corrected chi connectivity index (χ2v) is 3.53. The highest BCUT2D eigenvalue weighted by molar-refractivity contribution is 5.79. The van der Waals surface area contributed by atoms with Crippen molar-refractivity contribution in [3.8, 4) is 0 Å². The third-order valence-electron chi connectivity index (χ3n) is 2.46. The molecule has 1 rings (SSSR count). The molecule has 0 saturated carbocycles. The average molecular weight is 186 g/mol. The summed E-state index contributed by atoms with van der Waals surface area (Å²) in [5.74, 6) is 0.461. The first-order chi connectivity index (χ1) is 6.11. The van der Waals surface area contributed by atoms with E-state index >= 15 is 0 Å². The van der Waals surface area contributed by atoms with Crippen molar-refractivity contribution < 1.29 is 4.79 Å². The third kappa shape index (κ3) is 3.77. The van der Waals surface area contributed by atoms with Crippen molar-refractivity contribution in [2.75, 3.05) is 13.6 Å². The number of piperidine rings is 1. The van der Waals surface area contributed by atoms with Gasteiger partial charge in [-0.3, -0.25) is 9.69 Å². The van der Waals surface area contributed by atoms with Crippen molar-refractivity contribution in [3.05, 3.63) is 0 Å². The van der Waals surface area contributed by atoms with E-state index in [1.165, 1.54) is 6.42 Å². The zero-order chi connectivity index (χ0) is 10.4. The van der Waals surface area contributed by atoms with Gasteiger partial charge in [-0.1, -0.05) is 20.8 Å². The molecule has 78 valence electrons. The highest BCUT2D eigenvalue weighted by Crippen LogP contribution is 2.20. The Balaban J connectivity index is 0.000000671. The van der Waals surface area contributed by atoms with Crippen LogP contribution in [-0.2, 0) is 4.79 Å². The van der Waals surface area contributed by atoms with Gasteiger partial charge in [-0.25, -0.2) is 0 Å². The molecule has 3 heteroatoms. The summed E-state index contributed by atoms with van der Waals surface area (Å²) in [6.07, 6.45) is 2.10. The maximum atomic E-state index is 10.9. The van der Waals surface area contributed by atoms with E-state index in [9.17, 15) is 4.79 Å². The molecule has 0 bridgehead atoms. The summed E-state index contributed by atoms with van der Waals surface area (Å²) in [5.41, 5.74) is 5.24. The van der Waals surface area contributed by atoms with Gasteiger partial charge in [0.2, 0.25) is 5.91 Å². The zero-order valence-corrected chi connectivity index (χ0v) is 9.21. The number of likely N-dealkylation sites (tertiary alicyclic amines) is 1. The van der Waals surface area contributed by atoms with Gasteiger partial charge < -0.3 is 5.73 Å². The van der Waals surface area contributed by atoms with Crippen LogP contribution in [0.25, 0.3) is 0 Å². The fourth-order valence-corrected chi connectivity index (χ4v) is 1.59. The third-order valence-corrected chi connectivity index (χ3v) is 2.46. The minimum atomic E-state index is -0.181. The van der Waals surface area contributed by atoms with Gasteiger partial charge in [-0.2, -0.15) is 0 Å². The predicted molar refractivity (Wildman–Crippen MR) is 55.4 cm³/mol. The molecule has 1 aliphatic heterocycles. The number of amides is 1. The Hall–Kier alpha value is -0.570. The summed E-state index contributed by atoms with van der Waals surface area (Å²) in [6.45, 7) is 7.16. The fourth-order valence-electron chi connectivity index (χ4n) is 1.59. The van der Waals surface area contributed by atoms with Gasteiger partial charge in [0, 0.05) is 0 Å². The SMILES string of the molecule is CC.C[C@@H]1CCN(C)C(C(N)=O)C1. The molecule has 2 N–H and O–H groups in total. The number of carbonyl (C=O) groups excluding carboxylic acids is 1. The van der Waals surface area contributed by atoms with Crippen LogP contribution in [0.15, 0.2) is 0 Å². The van der Waals surface area contributed by atoms with E-state index in [2.05, 4.69) is 6.92 Å². The van der Waals surface area contributed by atoms with E-state index in [0.717, 1.165) is 13.0 Å². The molecule has 13 heavy (non-hydrogen) atoms. The number of hydrogen-bond donors (Lipinski definition) is 1. The molecule has 1 fully saturated rings. The van der Waals surface area contributed by atoms with Crippen LogP contribution < -0.4 is 5.73 Å². The summed E-state index contributed by atoms with van der Waals surface area (Å²) >= 11 is 0. The topological polar surface area (TPSA) is 46.3 Å². The summed E-state index contributed by atoms with van der Waals surface area (Å²) in [6, 6.07) is -0.0289. The summed E-state index contributed by atoms with van der Waals surface area (Å²) < 4.78 is 0. The smallest absolute Gasteiger partial charge is 0.234 e. The minimum Gasteiger partial charge on any atom is -0.368 e. The Morgan fingerprint density at radius 2 is 2.00 bits per heavy atom. The zero-order valence-electron chi connectivity index (χ0n) is 9.21. The Morgan fingerprint density at radius 3 is 2.38 bits per heavy atom. The monoisotopic (exact) mass is 186 g/mol. The lowest BCUT2D eigenvalue weighted by atomic mass is 9.93. The van der Waals surface area contributed by atoms with Crippen molar-refractivity contribution in [1.29, 1.82) is 0 Å². The summed E-state index contributed by atoms with van der Waals surface area (Å²) in [7, 11) is 1.96. The van der Waals surface area contributed by atoms with Crippen molar-refractivity contribution in [3.63, 3.8) is 0 Å². The number of carbonyl (C=O) groups is 1.